The summed E-state index contributed by atoms with van der Waals surface area (Å²) in [5.41, 5.74) is 0. The molecule has 1 fully saturated rings. The average Bonchev–Trinajstić information content (AvgIpc) is 2.17. The first-order valence-electron chi connectivity index (χ1n) is 6.87. The van der Waals surface area contributed by atoms with Crippen LogP contribution in [-0.4, -0.2) is 12.1 Å². The lowest BCUT2D eigenvalue weighted by Crippen LogP contribution is -2.39. The Morgan fingerprint density at radius 3 is 2.13 bits per heavy atom. The van der Waals surface area contributed by atoms with Crippen molar-refractivity contribution in [1.82, 2.24) is 5.32 Å². The first kappa shape index (κ1) is 13.0. The fourth-order valence-electron chi connectivity index (χ4n) is 2.91. The molecule has 0 heterocycles. The molecule has 1 atom stereocenters. The normalized spacial score (nSPS) is 29.4. The maximum Gasteiger partial charge on any atom is 0.00697 e. The monoisotopic (exact) mass is 211 g/mol. The van der Waals surface area contributed by atoms with E-state index < -0.39 is 0 Å². The quantitative estimate of drug-likeness (QED) is 0.725. The fraction of sp³-hybridized carbons (Fsp3) is 1.00. The van der Waals surface area contributed by atoms with Gasteiger partial charge in [-0.05, 0) is 50.9 Å². The number of nitrogens with one attached hydrogen (secondary N) is 1. The van der Waals surface area contributed by atoms with Gasteiger partial charge in [-0.15, -0.1) is 0 Å². The van der Waals surface area contributed by atoms with Gasteiger partial charge in [-0.2, -0.15) is 0 Å². The van der Waals surface area contributed by atoms with E-state index in [0.29, 0.717) is 6.04 Å². The summed E-state index contributed by atoms with van der Waals surface area (Å²) in [4.78, 5) is 0. The van der Waals surface area contributed by atoms with E-state index in [-0.39, 0.29) is 0 Å². The second-order valence-corrected chi connectivity index (χ2v) is 5.82. The molecule has 0 saturated heterocycles. The Labute approximate surface area is 96.0 Å². The lowest BCUT2D eigenvalue weighted by atomic mass is 9.84. The molecule has 0 aromatic rings. The van der Waals surface area contributed by atoms with Gasteiger partial charge in [0.1, 0.15) is 0 Å². The Bertz CT molecular complexity index is 157. The molecule has 1 saturated carbocycles. The van der Waals surface area contributed by atoms with Crippen LogP contribution >= 0.6 is 0 Å². The van der Waals surface area contributed by atoms with Crippen LogP contribution in [0.15, 0.2) is 0 Å². The smallest absolute Gasteiger partial charge is 0.00697 e. The fourth-order valence-corrected chi connectivity index (χ4v) is 2.91. The van der Waals surface area contributed by atoms with Crippen molar-refractivity contribution in [3.8, 4) is 0 Å². The van der Waals surface area contributed by atoms with E-state index in [9.17, 15) is 0 Å². The molecule has 0 aromatic heterocycles. The highest BCUT2D eigenvalue weighted by molar-refractivity contribution is 4.79. The molecule has 90 valence electrons. The van der Waals surface area contributed by atoms with Gasteiger partial charge in [0.2, 0.25) is 0 Å². The summed E-state index contributed by atoms with van der Waals surface area (Å²) < 4.78 is 0. The summed E-state index contributed by atoms with van der Waals surface area (Å²) in [6, 6.07) is 1.51. The third kappa shape index (κ3) is 5.01. The van der Waals surface area contributed by atoms with E-state index in [1.807, 2.05) is 0 Å². The number of rotatable bonds is 5. The zero-order valence-electron chi connectivity index (χ0n) is 11.1. The van der Waals surface area contributed by atoms with Gasteiger partial charge in [0.15, 0.2) is 0 Å². The van der Waals surface area contributed by atoms with Crippen LogP contribution in [0.5, 0.6) is 0 Å². The molecule has 1 aliphatic rings. The van der Waals surface area contributed by atoms with Gasteiger partial charge in [0.05, 0.1) is 0 Å². The Morgan fingerprint density at radius 2 is 1.67 bits per heavy atom. The standard InChI is InChI=1S/C14H29N/c1-5-13-6-8-14(9-7-13)15-12(4)10-11(2)3/h11-15H,5-10H2,1-4H3. The van der Waals surface area contributed by atoms with Crippen molar-refractivity contribution in [2.75, 3.05) is 0 Å². The Hall–Kier alpha value is -0.0400. The van der Waals surface area contributed by atoms with Gasteiger partial charge >= 0.3 is 0 Å². The van der Waals surface area contributed by atoms with E-state index >= 15 is 0 Å². The zero-order chi connectivity index (χ0) is 11.3. The third-order valence-corrected chi connectivity index (χ3v) is 3.77. The minimum atomic E-state index is 0.702. The maximum atomic E-state index is 3.79. The molecule has 1 rings (SSSR count). The van der Waals surface area contributed by atoms with Crippen LogP contribution in [-0.2, 0) is 0 Å². The highest BCUT2D eigenvalue weighted by Crippen LogP contribution is 2.26. The molecule has 1 nitrogen and oxygen atoms in total. The van der Waals surface area contributed by atoms with E-state index in [4.69, 9.17) is 0 Å². The molecule has 1 N–H and O–H groups in total. The van der Waals surface area contributed by atoms with Gasteiger partial charge in [0.25, 0.3) is 0 Å². The van der Waals surface area contributed by atoms with Crippen molar-refractivity contribution in [3.63, 3.8) is 0 Å². The predicted octanol–water partition coefficient (Wildman–Crippen LogP) is 3.98. The van der Waals surface area contributed by atoms with Crippen molar-refractivity contribution in [1.29, 1.82) is 0 Å². The topological polar surface area (TPSA) is 12.0 Å². The van der Waals surface area contributed by atoms with Gasteiger partial charge in [0, 0.05) is 12.1 Å². The van der Waals surface area contributed by atoms with Crippen LogP contribution in [0.25, 0.3) is 0 Å². The number of hydrogen-bond acceptors (Lipinski definition) is 1. The SMILES string of the molecule is CCC1CCC(NC(C)CC(C)C)CC1. The van der Waals surface area contributed by atoms with E-state index in [0.717, 1.165) is 17.9 Å². The third-order valence-electron chi connectivity index (χ3n) is 3.77. The molecular formula is C14H29N. The molecule has 0 aromatic carbocycles. The Kier molecular flexibility index (Phi) is 5.66. The first-order chi connectivity index (χ1) is 7.11. The van der Waals surface area contributed by atoms with Crippen molar-refractivity contribution in [2.45, 2.75) is 78.3 Å². The lowest BCUT2D eigenvalue weighted by Gasteiger charge is -2.31. The molecule has 0 spiro atoms. The maximum absolute atomic E-state index is 3.79. The lowest BCUT2D eigenvalue weighted by molar-refractivity contribution is 0.263. The second-order valence-electron chi connectivity index (χ2n) is 5.82. The molecule has 0 bridgehead atoms. The van der Waals surface area contributed by atoms with Crippen molar-refractivity contribution >= 4 is 0 Å². The first-order valence-corrected chi connectivity index (χ1v) is 6.87. The van der Waals surface area contributed by atoms with E-state index in [1.165, 1.54) is 38.5 Å². The summed E-state index contributed by atoms with van der Waals surface area (Å²) in [5.74, 6) is 1.84. The second kappa shape index (κ2) is 6.52. The van der Waals surface area contributed by atoms with Gasteiger partial charge in [-0.25, -0.2) is 0 Å². The molecular weight excluding hydrogens is 182 g/mol. The summed E-state index contributed by atoms with van der Waals surface area (Å²) in [6.45, 7) is 9.30. The zero-order valence-corrected chi connectivity index (χ0v) is 11.1. The van der Waals surface area contributed by atoms with Gasteiger partial charge in [-0.1, -0.05) is 27.2 Å². The van der Waals surface area contributed by atoms with Crippen LogP contribution in [0.2, 0.25) is 0 Å². The summed E-state index contributed by atoms with van der Waals surface area (Å²) in [7, 11) is 0. The number of hydrogen-bond donors (Lipinski definition) is 1. The minimum Gasteiger partial charge on any atom is -0.311 e. The van der Waals surface area contributed by atoms with Crippen molar-refractivity contribution in [2.24, 2.45) is 11.8 Å². The molecule has 1 unspecified atom stereocenters. The summed E-state index contributed by atoms with van der Waals surface area (Å²) in [6.07, 6.45) is 8.40. The molecule has 15 heavy (non-hydrogen) atoms. The van der Waals surface area contributed by atoms with Crippen molar-refractivity contribution < 1.29 is 0 Å². The Balaban J connectivity index is 2.17. The van der Waals surface area contributed by atoms with Crippen LogP contribution in [0.1, 0.15) is 66.2 Å². The highest BCUT2D eigenvalue weighted by Gasteiger charge is 2.20. The molecule has 1 heteroatoms. The summed E-state index contributed by atoms with van der Waals surface area (Å²) in [5, 5.41) is 3.79. The van der Waals surface area contributed by atoms with E-state index in [2.05, 4.69) is 33.0 Å². The molecule has 0 radical (unpaired) electrons. The van der Waals surface area contributed by atoms with Crippen molar-refractivity contribution in [3.05, 3.63) is 0 Å². The molecule has 0 amide bonds. The highest BCUT2D eigenvalue weighted by atomic mass is 14.9. The minimum absolute atomic E-state index is 0.702. The Morgan fingerprint density at radius 1 is 1.07 bits per heavy atom. The summed E-state index contributed by atoms with van der Waals surface area (Å²) >= 11 is 0. The van der Waals surface area contributed by atoms with Crippen LogP contribution < -0.4 is 5.32 Å². The predicted molar refractivity (Wildman–Crippen MR) is 68.1 cm³/mol. The van der Waals surface area contributed by atoms with Gasteiger partial charge < -0.3 is 5.32 Å². The molecule has 1 aliphatic carbocycles. The van der Waals surface area contributed by atoms with Gasteiger partial charge in [-0.3, -0.25) is 0 Å². The molecule has 0 aliphatic heterocycles. The van der Waals surface area contributed by atoms with Crippen LogP contribution in [0.4, 0.5) is 0 Å². The largest absolute Gasteiger partial charge is 0.311 e. The van der Waals surface area contributed by atoms with Crippen LogP contribution in [0, 0.1) is 11.8 Å². The average molecular weight is 211 g/mol. The van der Waals surface area contributed by atoms with Crippen LogP contribution in [0.3, 0.4) is 0 Å². The van der Waals surface area contributed by atoms with E-state index in [1.54, 1.807) is 0 Å².